The van der Waals surface area contributed by atoms with Crippen LogP contribution in [-0.4, -0.2) is 22.1 Å². The monoisotopic (exact) mass is 532 g/mol. The number of hydrogen-bond donors (Lipinski definition) is 5. The van der Waals surface area contributed by atoms with Gasteiger partial charge in [-0.2, -0.15) is 0 Å². The van der Waals surface area contributed by atoms with Gasteiger partial charge in [-0.3, -0.25) is 20.4 Å². The SMILES string of the molecule is Cc1c(CC(N)=O)c(=O)n(Cc2ccc3ccc(C(=N)N)cc3c2)c2cc(Oc3cccc(C(=N)N)c3)ccc12. The standard InChI is InChI=1S/C31H28N6O3/c1-17-25-10-9-24(40-23-4-2-3-20(13-23)29(33)34)14-27(25)37(31(39)26(17)15-28(32)38)16-18-5-6-19-7-8-21(30(35)36)12-22(19)11-18/h2-14H,15-16H2,1H3,(H2,32,38)(H3,33,34)(H3,35,36). The predicted molar refractivity (Wildman–Crippen MR) is 157 cm³/mol. The number of carbonyl (C=O) groups excluding carboxylic acids is 1. The maximum atomic E-state index is 13.8. The van der Waals surface area contributed by atoms with Crippen LogP contribution in [0.1, 0.15) is 27.8 Å². The summed E-state index contributed by atoms with van der Waals surface area (Å²) in [7, 11) is 0. The number of amides is 1. The maximum Gasteiger partial charge on any atom is 0.255 e. The summed E-state index contributed by atoms with van der Waals surface area (Å²) in [5.74, 6) is 0.317. The van der Waals surface area contributed by atoms with Gasteiger partial charge in [-0.1, -0.05) is 36.4 Å². The van der Waals surface area contributed by atoms with Crippen molar-refractivity contribution in [1.82, 2.24) is 4.57 Å². The predicted octanol–water partition coefficient (Wildman–Crippen LogP) is 3.90. The van der Waals surface area contributed by atoms with Crippen LogP contribution in [-0.2, 0) is 17.8 Å². The molecule has 0 unspecified atom stereocenters. The van der Waals surface area contributed by atoms with Crippen LogP contribution in [0.2, 0.25) is 0 Å². The smallest absolute Gasteiger partial charge is 0.255 e. The lowest BCUT2D eigenvalue weighted by Crippen LogP contribution is -2.29. The van der Waals surface area contributed by atoms with E-state index in [2.05, 4.69) is 0 Å². The molecule has 0 bridgehead atoms. The molecule has 0 atom stereocenters. The zero-order valence-corrected chi connectivity index (χ0v) is 21.8. The molecule has 0 radical (unpaired) electrons. The fraction of sp³-hybridized carbons (Fsp3) is 0.0968. The van der Waals surface area contributed by atoms with Crippen LogP contribution in [0.5, 0.6) is 11.5 Å². The second kappa shape index (κ2) is 10.4. The van der Waals surface area contributed by atoms with Crippen molar-refractivity contribution in [2.24, 2.45) is 17.2 Å². The average molecular weight is 533 g/mol. The first-order valence-electron chi connectivity index (χ1n) is 12.5. The zero-order valence-electron chi connectivity index (χ0n) is 21.8. The number of nitrogens with one attached hydrogen (secondary N) is 2. The fourth-order valence-corrected chi connectivity index (χ4v) is 4.86. The van der Waals surface area contributed by atoms with Gasteiger partial charge in [-0.25, -0.2) is 0 Å². The number of nitrogens with zero attached hydrogens (tertiary/aromatic N) is 1. The molecule has 9 heteroatoms. The van der Waals surface area contributed by atoms with Crippen LogP contribution in [0.3, 0.4) is 0 Å². The molecule has 1 aromatic heterocycles. The average Bonchev–Trinajstić information content (AvgIpc) is 2.93. The number of ether oxygens (including phenoxy) is 1. The van der Waals surface area contributed by atoms with Gasteiger partial charge in [0.1, 0.15) is 23.2 Å². The van der Waals surface area contributed by atoms with Crippen LogP contribution in [0.25, 0.3) is 21.7 Å². The molecule has 40 heavy (non-hydrogen) atoms. The Morgan fingerprint density at radius 1 is 0.825 bits per heavy atom. The lowest BCUT2D eigenvalue weighted by atomic mass is 10.0. The van der Waals surface area contributed by atoms with E-state index in [-0.39, 0.29) is 30.2 Å². The van der Waals surface area contributed by atoms with E-state index in [9.17, 15) is 9.59 Å². The Morgan fingerprint density at radius 3 is 2.25 bits per heavy atom. The van der Waals surface area contributed by atoms with Crippen LogP contribution < -0.4 is 27.5 Å². The molecular weight excluding hydrogens is 504 g/mol. The minimum Gasteiger partial charge on any atom is -0.457 e. The number of benzene rings is 4. The second-order valence-corrected chi connectivity index (χ2v) is 9.67. The lowest BCUT2D eigenvalue weighted by Gasteiger charge is -2.17. The van der Waals surface area contributed by atoms with Crippen molar-refractivity contribution in [2.45, 2.75) is 19.9 Å². The molecule has 9 nitrogen and oxygen atoms in total. The lowest BCUT2D eigenvalue weighted by molar-refractivity contribution is -0.117. The Hall–Kier alpha value is -5.44. The number of hydrogen-bond acceptors (Lipinski definition) is 5. The van der Waals surface area contributed by atoms with E-state index in [0.717, 1.165) is 21.7 Å². The van der Waals surface area contributed by atoms with Gasteiger partial charge in [0.15, 0.2) is 0 Å². The van der Waals surface area contributed by atoms with Crippen molar-refractivity contribution in [3.63, 3.8) is 0 Å². The Balaban J connectivity index is 1.64. The first-order valence-corrected chi connectivity index (χ1v) is 12.5. The van der Waals surface area contributed by atoms with E-state index < -0.39 is 5.91 Å². The number of nitrogens with two attached hydrogens (primary N) is 3. The normalized spacial score (nSPS) is 11.0. The molecule has 5 rings (SSSR count). The number of amidine groups is 2. The Bertz CT molecular complexity index is 1910. The van der Waals surface area contributed by atoms with Gasteiger partial charge in [0.25, 0.3) is 5.56 Å². The number of pyridine rings is 1. The first-order chi connectivity index (χ1) is 19.1. The van der Waals surface area contributed by atoms with E-state index in [4.69, 9.17) is 32.8 Å². The number of aromatic nitrogens is 1. The van der Waals surface area contributed by atoms with E-state index in [1.54, 1.807) is 47.0 Å². The van der Waals surface area contributed by atoms with Crippen molar-refractivity contribution >= 4 is 39.3 Å². The third kappa shape index (κ3) is 5.12. The van der Waals surface area contributed by atoms with Crippen molar-refractivity contribution < 1.29 is 9.53 Å². The molecule has 0 saturated heterocycles. The molecule has 0 aliphatic rings. The van der Waals surface area contributed by atoms with E-state index in [1.807, 2.05) is 43.3 Å². The number of carbonyl (C=O) groups is 1. The molecule has 0 aliphatic carbocycles. The highest BCUT2D eigenvalue weighted by atomic mass is 16.5. The number of aryl methyl sites for hydroxylation is 1. The van der Waals surface area contributed by atoms with Crippen LogP contribution in [0, 0.1) is 17.7 Å². The number of nitrogen functional groups attached to an aromatic ring is 2. The Labute approximate surface area is 229 Å². The van der Waals surface area contributed by atoms with Crippen molar-refractivity contribution in [1.29, 1.82) is 10.8 Å². The summed E-state index contributed by atoms with van der Waals surface area (Å²) < 4.78 is 7.70. The van der Waals surface area contributed by atoms with Gasteiger partial charge in [0, 0.05) is 28.1 Å². The number of fused-ring (bicyclic) bond motifs is 2. The van der Waals surface area contributed by atoms with Crippen LogP contribution >= 0.6 is 0 Å². The van der Waals surface area contributed by atoms with Crippen LogP contribution in [0.4, 0.5) is 0 Å². The minimum absolute atomic E-state index is 0.0227. The van der Waals surface area contributed by atoms with Crippen molar-refractivity contribution in [3.05, 3.63) is 117 Å². The second-order valence-electron chi connectivity index (χ2n) is 9.67. The molecular formula is C31H28N6O3. The van der Waals surface area contributed by atoms with E-state index in [1.165, 1.54) is 0 Å². The fourth-order valence-electron chi connectivity index (χ4n) is 4.86. The van der Waals surface area contributed by atoms with E-state index in [0.29, 0.717) is 39.3 Å². The molecule has 1 heterocycles. The Kier molecular flexibility index (Phi) is 6.79. The molecule has 0 aliphatic heterocycles. The summed E-state index contributed by atoms with van der Waals surface area (Å²) in [4.78, 5) is 25.6. The summed E-state index contributed by atoms with van der Waals surface area (Å²) in [6.07, 6.45) is -0.170. The van der Waals surface area contributed by atoms with Gasteiger partial charge in [0.2, 0.25) is 5.91 Å². The Morgan fingerprint density at radius 2 is 1.52 bits per heavy atom. The largest absolute Gasteiger partial charge is 0.457 e. The summed E-state index contributed by atoms with van der Waals surface area (Å²) in [5, 5.41) is 18.1. The molecule has 0 spiro atoms. The molecule has 8 N–H and O–H groups in total. The molecule has 5 aromatic rings. The van der Waals surface area contributed by atoms with Gasteiger partial charge in [-0.05, 0) is 65.2 Å². The van der Waals surface area contributed by atoms with Gasteiger partial charge >= 0.3 is 0 Å². The minimum atomic E-state index is -0.584. The van der Waals surface area contributed by atoms with E-state index >= 15 is 0 Å². The molecule has 200 valence electrons. The van der Waals surface area contributed by atoms with Crippen LogP contribution in [0.15, 0.2) is 83.7 Å². The third-order valence-corrected chi connectivity index (χ3v) is 6.91. The van der Waals surface area contributed by atoms with Gasteiger partial charge in [0.05, 0.1) is 18.5 Å². The summed E-state index contributed by atoms with van der Waals surface area (Å²) in [5.41, 5.74) is 20.2. The third-order valence-electron chi connectivity index (χ3n) is 6.91. The molecule has 0 saturated carbocycles. The zero-order chi connectivity index (χ0) is 28.6. The molecule has 0 fully saturated rings. The highest BCUT2D eigenvalue weighted by Gasteiger charge is 2.17. The molecule has 4 aromatic carbocycles. The summed E-state index contributed by atoms with van der Waals surface area (Å²) in [6.45, 7) is 2.04. The first kappa shape index (κ1) is 26.2. The van der Waals surface area contributed by atoms with Gasteiger partial charge < -0.3 is 26.5 Å². The highest BCUT2D eigenvalue weighted by molar-refractivity contribution is 5.99. The highest BCUT2D eigenvalue weighted by Crippen LogP contribution is 2.29. The molecule has 1 amide bonds. The maximum absolute atomic E-state index is 13.8. The quantitative estimate of drug-likeness (QED) is 0.150. The topological polar surface area (TPSA) is 174 Å². The summed E-state index contributed by atoms with van der Waals surface area (Å²) in [6, 6.07) is 23.7. The number of rotatable bonds is 8. The van der Waals surface area contributed by atoms with Crippen molar-refractivity contribution in [2.75, 3.05) is 0 Å². The number of primary amides is 1. The summed E-state index contributed by atoms with van der Waals surface area (Å²) >= 11 is 0. The van der Waals surface area contributed by atoms with Crippen molar-refractivity contribution in [3.8, 4) is 11.5 Å². The van der Waals surface area contributed by atoms with Gasteiger partial charge in [-0.15, -0.1) is 0 Å².